The second-order valence-corrected chi connectivity index (χ2v) is 4.46. The highest BCUT2D eigenvalue weighted by Crippen LogP contribution is 2.21. The fourth-order valence-corrected chi connectivity index (χ4v) is 2.56. The predicted molar refractivity (Wildman–Crippen MR) is 56.3 cm³/mol. The number of ketones is 1. The zero-order valence-electron chi connectivity index (χ0n) is 9.04. The lowest BCUT2D eigenvalue weighted by Gasteiger charge is -2.37. The Kier molecular flexibility index (Phi) is 3.19. The van der Waals surface area contributed by atoms with Crippen molar-refractivity contribution in [2.24, 2.45) is 0 Å². The molecule has 0 aromatic carbocycles. The van der Waals surface area contributed by atoms with E-state index in [1.165, 1.54) is 25.9 Å². The summed E-state index contributed by atoms with van der Waals surface area (Å²) in [5.74, 6) is 0.386. The SMILES string of the molecule is CCC(=O)CN1CCN2CCCC2C1. The van der Waals surface area contributed by atoms with E-state index in [1.54, 1.807) is 0 Å². The van der Waals surface area contributed by atoms with E-state index in [-0.39, 0.29) is 0 Å². The van der Waals surface area contributed by atoms with Gasteiger partial charge in [0, 0.05) is 32.1 Å². The Hall–Kier alpha value is -0.410. The van der Waals surface area contributed by atoms with Crippen molar-refractivity contribution in [3.8, 4) is 0 Å². The van der Waals surface area contributed by atoms with Crippen LogP contribution in [0.4, 0.5) is 0 Å². The number of carbonyl (C=O) groups is 1. The van der Waals surface area contributed by atoms with Gasteiger partial charge in [0.15, 0.2) is 0 Å². The molecule has 0 amide bonds. The van der Waals surface area contributed by atoms with E-state index in [0.717, 1.165) is 19.1 Å². The maximum atomic E-state index is 11.3. The van der Waals surface area contributed by atoms with Crippen LogP contribution < -0.4 is 0 Å². The van der Waals surface area contributed by atoms with Gasteiger partial charge in [-0.1, -0.05) is 6.92 Å². The third-order valence-electron chi connectivity index (χ3n) is 3.47. The number of Topliss-reactive ketones (excluding diaryl/α,β-unsaturated/α-hetero) is 1. The number of hydrogen-bond acceptors (Lipinski definition) is 3. The van der Waals surface area contributed by atoms with Gasteiger partial charge in [0.05, 0.1) is 6.54 Å². The molecule has 3 nitrogen and oxygen atoms in total. The topological polar surface area (TPSA) is 23.6 Å². The molecular formula is C11H20N2O. The number of nitrogens with zero attached hydrogens (tertiary/aromatic N) is 2. The molecule has 0 bridgehead atoms. The van der Waals surface area contributed by atoms with Crippen LogP contribution in [0.2, 0.25) is 0 Å². The van der Waals surface area contributed by atoms with E-state index in [1.807, 2.05) is 6.92 Å². The van der Waals surface area contributed by atoms with E-state index < -0.39 is 0 Å². The number of piperazine rings is 1. The van der Waals surface area contributed by atoms with E-state index in [2.05, 4.69) is 9.80 Å². The van der Waals surface area contributed by atoms with Crippen LogP contribution in [0.3, 0.4) is 0 Å². The predicted octanol–water partition coefficient (Wildman–Crippen LogP) is 0.746. The van der Waals surface area contributed by atoms with Crippen LogP contribution >= 0.6 is 0 Å². The number of fused-ring (bicyclic) bond motifs is 1. The molecule has 2 aliphatic rings. The van der Waals surface area contributed by atoms with Gasteiger partial charge in [-0.15, -0.1) is 0 Å². The first-order valence-electron chi connectivity index (χ1n) is 5.77. The molecular weight excluding hydrogens is 176 g/mol. The smallest absolute Gasteiger partial charge is 0.146 e. The molecule has 0 aromatic rings. The van der Waals surface area contributed by atoms with Crippen molar-refractivity contribution in [2.75, 3.05) is 32.7 Å². The van der Waals surface area contributed by atoms with Crippen LogP contribution in [-0.4, -0.2) is 54.3 Å². The van der Waals surface area contributed by atoms with Crippen molar-refractivity contribution < 1.29 is 4.79 Å². The van der Waals surface area contributed by atoms with E-state index in [4.69, 9.17) is 0 Å². The second kappa shape index (κ2) is 4.41. The van der Waals surface area contributed by atoms with E-state index in [9.17, 15) is 4.79 Å². The number of rotatable bonds is 3. The molecule has 3 heteroatoms. The Morgan fingerprint density at radius 1 is 1.36 bits per heavy atom. The average Bonchev–Trinajstić information content (AvgIpc) is 2.64. The standard InChI is InChI=1S/C11H20N2O/c1-2-11(14)9-12-6-7-13-5-3-4-10(13)8-12/h10H,2-9H2,1H3. The molecule has 0 aliphatic carbocycles. The molecule has 80 valence electrons. The van der Waals surface area contributed by atoms with Crippen molar-refractivity contribution in [3.05, 3.63) is 0 Å². The normalized spacial score (nSPS) is 29.1. The lowest BCUT2D eigenvalue weighted by molar-refractivity contribution is -0.120. The van der Waals surface area contributed by atoms with Crippen LogP contribution in [0.15, 0.2) is 0 Å². The Balaban J connectivity index is 1.82. The first-order valence-corrected chi connectivity index (χ1v) is 5.77. The van der Waals surface area contributed by atoms with Crippen molar-refractivity contribution in [1.82, 2.24) is 9.80 Å². The maximum absolute atomic E-state index is 11.3. The third kappa shape index (κ3) is 2.15. The molecule has 1 unspecified atom stereocenters. The summed E-state index contributed by atoms with van der Waals surface area (Å²) in [7, 11) is 0. The van der Waals surface area contributed by atoms with Crippen LogP contribution in [-0.2, 0) is 4.79 Å². The lowest BCUT2D eigenvalue weighted by atomic mass is 10.1. The van der Waals surface area contributed by atoms with E-state index >= 15 is 0 Å². The van der Waals surface area contributed by atoms with Crippen molar-refractivity contribution >= 4 is 5.78 Å². The van der Waals surface area contributed by atoms with E-state index in [0.29, 0.717) is 18.7 Å². The molecule has 1 atom stereocenters. The molecule has 2 rings (SSSR count). The molecule has 0 N–H and O–H groups in total. The fourth-order valence-electron chi connectivity index (χ4n) is 2.56. The highest BCUT2D eigenvalue weighted by molar-refractivity contribution is 5.80. The molecule has 0 spiro atoms. The van der Waals surface area contributed by atoms with Crippen molar-refractivity contribution in [2.45, 2.75) is 32.2 Å². The molecule has 14 heavy (non-hydrogen) atoms. The molecule has 0 aromatic heterocycles. The summed E-state index contributed by atoms with van der Waals surface area (Å²) in [6.45, 7) is 7.28. The van der Waals surface area contributed by atoms with Crippen LogP contribution in [0.5, 0.6) is 0 Å². The summed E-state index contributed by atoms with van der Waals surface area (Å²) >= 11 is 0. The summed E-state index contributed by atoms with van der Waals surface area (Å²) in [5, 5.41) is 0. The number of carbonyl (C=O) groups excluding carboxylic acids is 1. The van der Waals surface area contributed by atoms with Gasteiger partial charge in [-0.05, 0) is 19.4 Å². The van der Waals surface area contributed by atoms with Crippen LogP contribution in [0.25, 0.3) is 0 Å². The minimum Gasteiger partial charge on any atom is -0.298 e. The van der Waals surface area contributed by atoms with Gasteiger partial charge in [-0.3, -0.25) is 14.6 Å². The molecule has 0 saturated carbocycles. The first-order chi connectivity index (χ1) is 6.79. The molecule has 2 aliphatic heterocycles. The van der Waals surface area contributed by atoms with Crippen LogP contribution in [0.1, 0.15) is 26.2 Å². The first kappa shape index (κ1) is 10.1. The quantitative estimate of drug-likeness (QED) is 0.665. The molecule has 2 fully saturated rings. The summed E-state index contributed by atoms with van der Waals surface area (Å²) in [5.41, 5.74) is 0. The van der Waals surface area contributed by atoms with Gasteiger partial charge in [0.25, 0.3) is 0 Å². The minimum absolute atomic E-state index is 0.386. The average molecular weight is 196 g/mol. The Bertz CT molecular complexity index is 217. The monoisotopic (exact) mass is 196 g/mol. The van der Waals surface area contributed by atoms with Crippen LogP contribution in [0, 0.1) is 0 Å². The van der Waals surface area contributed by atoms with Gasteiger partial charge in [-0.2, -0.15) is 0 Å². The van der Waals surface area contributed by atoms with Gasteiger partial charge < -0.3 is 0 Å². The molecule has 0 radical (unpaired) electrons. The fraction of sp³-hybridized carbons (Fsp3) is 0.909. The van der Waals surface area contributed by atoms with Gasteiger partial charge >= 0.3 is 0 Å². The zero-order chi connectivity index (χ0) is 9.97. The zero-order valence-corrected chi connectivity index (χ0v) is 9.04. The summed E-state index contributed by atoms with van der Waals surface area (Å²) < 4.78 is 0. The lowest BCUT2D eigenvalue weighted by Crippen LogP contribution is -2.51. The highest BCUT2D eigenvalue weighted by Gasteiger charge is 2.30. The second-order valence-electron chi connectivity index (χ2n) is 4.46. The Morgan fingerprint density at radius 2 is 2.21 bits per heavy atom. The summed E-state index contributed by atoms with van der Waals surface area (Å²) in [4.78, 5) is 16.2. The maximum Gasteiger partial charge on any atom is 0.146 e. The van der Waals surface area contributed by atoms with Crippen molar-refractivity contribution in [1.29, 1.82) is 0 Å². The Labute approximate surface area is 86.1 Å². The van der Waals surface area contributed by atoms with Crippen molar-refractivity contribution in [3.63, 3.8) is 0 Å². The largest absolute Gasteiger partial charge is 0.298 e. The van der Waals surface area contributed by atoms with Gasteiger partial charge in [0.1, 0.15) is 5.78 Å². The number of hydrogen-bond donors (Lipinski definition) is 0. The minimum atomic E-state index is 0.386. The van der Waals surface area contributed by atoms with Gasteiger partial charge in [0.2, 0.25) is 0 Å². The summed E-state index contributed by atoms with van der Waals surface area (Å²) in [6.07, 6.45) is 3.36. The molecule has 2 saturated heterocycles. The molecule has 2 heterocycles. The van der Waals surface area contributed by atoms with Gasteiger partial charge in [-0.25, -0.2) is 0 Å². The summed E-state index contributed by atoms with van der Waals surface area (Å²) in [6, 6.07) is 0.744. The highest BCUT2D eigenvalue weighted by atomic mass is 16.1. The third-order valence-corrected chi connectivity index (χ3v) is 3.47. The Morgan fingerprint density at radius 3 is 3.00 bits per heavy atom.